The molecular formula is C28H37FN4O3. The molecule has 2 aromatic rings. The number of hydrogen-bond acceptors (Lipinski definition) is 5. The number of pyridine rings is 1. The van der Waals surface area contributed by atoms with E-state index >= 15 is 0 Å². The maximum absolute atomic E-state index is 13.1. The third-order valence-electron chi connectivity index (χ3n) is 6.89. The van der Waals surface area contributed by atoms with E-state index in [1.165, 1.54) is 0 Å². The van der Waals surface area contributed by atoms with Crippen LogP contribution >= 0.6 is 0 Å². The first kappa shape index (κ1) is 25.9. The number of piperidine rings is 1. The lowest BCUT2D eigenvalue weighted by Gasteiger charge is -2.41. The minimum absolute atomic E-state index is 0.0330. The summed E-state index contributed by atoms with van der Waals surface area (Å²) in [6, 6.07) is 11.1. The molecule has 2 heterocycles. The van der Waals surface area contributed by atoms with E-state index in [9.17, 15) is 14.0 Å². The number of anilines is 1. The van der Waals surface area contributed by atoms with Gasteiger partial charge in [0.1, 0.15) is 18.2 Å². The number of amides is 2. The minimum Gasteiger partial charge on any atom is -0.478 e. The quantitative estimate of drug-likeness (QED) is 0.504. The molecule has 2 atom stereocenters. The Balaban J connectivity index is 1.35. The molecule has 2 aliphatic rings. The van der Waals surface area contributed by atoms with Crippen LogP contribution in [0, 0.1) is 0 Å². The monoisotopic (exact) mass is 496 g/mol. The fraction of sp³-hybridized carbons (Fsp3) is 0.536. The van der Waals surface area contributed by atoms with Crippen LogP contribution in [0.3, 0.4) is 0 Å². The van der Waals surface area contributed by atoms with Gasteiger partial charge in [-0.15, -0.1) is 0 Å². The number of carbonyl (C=O) groups excluding carboxylic acids is 2. The summed E-state index contributed by atoms with van der Waals surface area (Å²) in [5, 5.41) is 6.18. The molecule has 1 aliphatic carbocycles. The highest BCUT2D eigenvalue weighted by Crippen LogP contribution is 2.28. The van der Waals surface area contributed by atoms with E-state index in [2.05, 4.69) is 27.4 Å². The molecule has 1 saturated heterocycles. The number of nitrogens with zero attached hydrogens (tertiary/aromatic N) is 2. The SMILES string of the molecule is CCCC1CC(NC(=O)C(C)(C)Oc2ccc(CF)cc2)CCN1c1ccc(C(=O)NC2CC2)cn1. The Labute approximate surface area is 212 Å². The minimum atomic E-state index is -1.06. The summed E-state index contributed by atoms with van der Waals surface area (Å²) >= 11 is 0. The van der Waals surface area contributed by atoms with E-state index in [-0.39, 0.29) is 23.9 Å². The molecule has 194 valence electrons. The Hall–Kier alpha value is -3.16. The van der Waals surface area contributed by atoms with Gasteiger partial charge in [-0.2, -0.15) is 0 Å². The molecular weight excluding hydrogens is 459 g/mol. The van der Waals surface area contributed by atoms with Crippen LogP contribution in [0.5, 0.6) is 5.75 Å². The van der Waals surface area contributed by atoms with Crippen LogP contribution < -0.4 is 20.3 Å². The molecule has 36 heavy (non-hydrogen) atoms. The fourth-order valence-electron chi connectivity index (χ4n) is 4.62. The maximum Gasteiger partial charge on any atom is 0.263 e. The first-order chi connectivity index (χ1) is 17.3. The van der Waals surface area contributed by atoms with Crippen LogP contribution in [0.4, 0.5) is 10.2 Å². The number of hydrogen-bond donors (Lipinski definition) is 2. The van der Waals surface area contributed by atoms with Gasteiger partial charge in [-0.3, -0.25) is 9.59 Å². The van der Waals surface area contributed by atoms with E-state index < -0.39 is 12.3 Å². The first-order valence-corrected chi connectivity index (χ1v) is 13.0. The fourth-order valence-corrected chi connectivity index (χ4v) is 4.62. The Kier molecular flexibility index (Phi) is 8.11. The lowest BCUT2D eigenvalue weighted by Crippen LogP contribution is -2.55. The standard InChI is InChI=1S/C28H37FN4O3/c1-4-5-23-16-22(32-27(35)28(2,3)36-24-11-6-19(17-29)7-12-24)14-15-33(23)25-13-8-20(18-30-25)26(34)31-21-9-10-21/h6-8,11-13,18,21-23H,4-5,9-10,14-17H2,1-3H3,(H,31,34)(H,32,35). The highest BCUT2D eigenvalue weighted by atomic mass is 19.1. The molecule has 2 N–H and O–H groups in total. The van der Waals surface area contributed by atoms with Gasteiger partial charge in [0, 0.05) is 30.9 Å². The average molecular weight is 497 g/mol. The number of carbonyl (C=O) groups is 2. The lowest BCUT2D eigenvalue weighted by atomic mass is 9.93. The van der Waals surface area contributed by atoms with E-state index in [0.29, 0.717) is 22.9 Å². The summed E-state index contributed by atoms with van der Waals surface area (Å²) < 4.78 is 18.7. The van der Waals surface area contributed by atoms with Gasteiger partial charge in [-0.25, -0.2) is 9.37 Å². The van der Waals surface area contributed by atoms with Gasteiger partial charge in [-0.05, 0) is 75.8 Å². The smallest absolute Gasteiger partial charge is 0.263 e. The van der Waals surface area contributed by atoms with Crippen LogP contribution in [-0.2, 0) is 11.5 Å². The third kappa shape index (κ3) is 6.53. The zero-order valence-electron chi connectivity index (χ0n) is 21.4. The summed E-state index contributed by atoms with van der Waals surface area (Å²) in [6.07, 6.45) is 7.37. The zero-order chi connectivity index (χ0) is 25.7. The average Bonchev–Trinajstić information content (AvgIpc) is 3.69. The van der Waals surface area contributed by atoms with Crippen LogP contribution in [0.2, 0.25) is 0 Å². The Bertz CT molecular complexity index is 1040. The van der Waals surface area contributed by atoms with Gasteiger partial charge in [0.2, 0.25) is 0 Å². The number of nitrogens with one attached hydrogen (secondary N) is 2. The van der Waals surface area contributed by atoms with Crippen molar-refractivity contribution in [3.05, 3.63) is 53.7 Å². The highest BCUT2D eigenvalue weighted by Gasteiger charge is 2.35. The van der Waals surface area contributed by atoms with E-state index in [1.807, 2.05) is 12.1 Å². The summed E-state index contributed by atoms with van der Waals surface area (Å²) in [4.78, 5) is 32.3. The summed E-state index contributed by atoms with van der Waals surface area (Å²) in [6.45, 7) is 5.88. The Morgan fingerprint density at radius 1 is 1.08 bits per heavy atom. The van der Waals surface area contributed by atoms with Crippen LogP contribution in [0.1, 0.15) is 75.2 Å². The molecule has 7 nitrogen and oxygen atoms in total. The van der Waals surface area contributed by atoms with Gasteiger partial charge in [-0.1, -0.05) is 25.5 Å². The molecule has 1 aromatic carbocycles. The van der Waals surface area contributed by atoms with Gasteiger partial charge in [0.15, 0.2) is 5.60 Å². The van der Waals surface area contributed by atoms with Crippen molar-refractivity contribution in [2.45, 2.75) is 89.7 Å². The Morgan fingerprint density at radius 3 is 2.44 bits per heavy atom. The number of alkyl halides is 1. The van der Waals surface area contributed by atoms with Crippen molar-refractivity contribution in [1.82, 2.24) is 15.6 Å². The van der Waals surface area contributed by atoms with Crippen LogP contribution in [0.15, 0.2) is 42.6 Å². The maximum atomic E-state index is 13.1. The predicted molar refractivity (Wildman–Crippen MR) is 138 cm³/mol. The van der Waals surface area contributed by atoms with Crippen molar-refractivity contribution < 1.29 is 18.7 Å². The Morgan fingerprint density at radius 2 is 1.83 bits per heavy atom. The molecule has 2 fully saturated rings. The molecule has 2 amide bonds. The van der Waals surface area contributed by atoms with Crippen molar-refractivity contribution in [3.8, 4) is 5.75 Å². The second-order valence-electron chi connectivity index (χ2n) is 10.4. The molecule has 1 aliphatic heterocycles. The largest absolute Gasteiger partial charge is 0.478 e. The van der Waals surface area contributed by atoms with Gasteiger partial charge < -0.3 is 20.3 Å². The van der Waals surface area contributed by atoms with Crippen molar-refractivity contribution in [1.29, 1.82) is 0 Å². The number of halogens is 1. The molecule has 1 saturated carbocycles. The zero-order valence-corrected chi connectivity index (χ0v) is 21.4. The summed E-state index contributed by atoms with van der Waals surface area (Å²) in [5.74, 6) is 1.16. The van der Waals surface area contributed by atoms with Crippen molar-refractivity contribution in [2.75, 3.05) is 11.4 Å². The summed E-state index contributed by atoms with van der Waals surface area (Å²) in [7, 11) is 0. The van der Waals surface area contributed by atoms with Gasteiger partial charge >= 0.3 is 0 Å². The van der Waals surface area contributed by atoms with Crippen molar-refractivity contribution in [3.63, 3.8) is 0 Å². The first-order valence-electron chi connectivity index (χ1n) is 13.0. The highest BCUT2D eigenvalue weighted by molar-refractivity contribution is 5.94. The lowest BCUT2D eigenvalue weighted by molar-refractivity contribution is -0.135. The number of rotatable bonds is 10. The molecule has 2 unspecified atom stereocenters. The predicted octanol–water partition coefficient (Wildman–Crippen LogP) is 4.55. The molecule has 0 bridgehead atoms. The van der Waals surface area contributed by atoms with Crippen LogP contribution in [0.25, 0.3) is 0 Å². The second kappa shape index (κ2) is 11.3. The van der Waals surface area contributed by atoms with Crippen LogP contribution in [-0.4, -0.2) is 47.1 Å². The number of aromatic nitrogens is 1. The van der Waals surface area contributed by atoms with Gasteiger partial charge in [0.05, 0.1) is 5.56 Å². The molecule has 1 aromatic heterocycles. The van der Waals surface area contributed by atoms with Crippen molar-refractivity contribution >= 4 is 17.6 Å². The molecule has 8 heteroatoms. The topological polar surface area (TPSA) is 83.6 Å². The van der Waals surface area contributed by atoms with Crippen molar-refractivity contribution in [2.24, 2.45) is 0 Å². The third-order valence-corrected chi connectivity index (χ3v) is 6.89. The normalized spacial score (nSPS) is 20.1. The number of benzene rings is 1. The molecule has 4 rings (SSSR count). The van der Waals surface area contributed by atoms with Gasteiger partial charge in [0.25, 0.3) is 11.8 Å². The van der Waals surface area contributed by atoms with E-state index in [4.69, 9.17) is 4.74 Å². The van der Waals surface area contributed by atoms with E-state index in [0.717, 1.165) is 50.9 Å². The summed E-state index contributed by atoms with van der Waals surface area (Å²) in [5.41, 5.74) is 0.0953. The van der Waals surface area contributed by atoms with E-state index in [1.54, 1.807) is 44.3 Å². The molecule has 0 radical (unpaired) electrons. The second-order valence-corrected chi connectivity index (χ2v) is 10.4. The molecule has 0 spiro atoms. The number of ether oxygens (including phenoxy) is 1.